The van der Waals surface area contributed by atoms with Crippen LogP contribution in [0.3, 0.4) is 0 Å². The van der Waals surface area contributed by atoms with Gasteiger partial charge in [-0.2, -0.15) is 13.2 Å². The number of likely N-dealkylation sites (tertiary alicyclic amines) is 1. The smallest absolute Gasteiger partial charge is 0.335 e. The van der Waals surface area contributed by atoms with E-state index < -0.39 is 37.6 Å². The zero-order valence-electron chi connectivity index (χ0n) is 16.2. The maximum atomic E-state index is 13.1. The number of pyridine rings is 1. The standard InChI is InChI=1S/C19H18Cl2F3N3O3S/c1-11-4-2-3-7-27(11)18(28)17-16(8-12(20)10-25-17)26-31(29,30)13-5-6-15(21)14(9-13)19(22,23)24/h5-6,8-11,26H,2-4,7H2,1H3/t11-/m1/s1. The Balaban J connectivity index is 1.99. The highest BCUT2D eigenvalue weighted by Gasteiger charge is 2.35. The second-order valence-corrected chi connectivity index (χ2v) is 9.66. The van der Waals surface area contributed by atoms with Gasteiger partial charge in [-0.15, -0.1) is 0 Å². The van der Waals surface area contributed by atoms with E-state index >= 15 is 0 Å². The lowest BCUT2D eigenvalue weighted by Crippen LogP contribution is -2.42. The van der Waals surface area contributed by atoms with Gasteiger partial charge in [0.05, 0.1) is 26.2 Å². The Bertz CT molecular complexity index is 1110. The van der Waals surface area contributed by atoms with E-state index in [9.17, 15) is 26.4 Å². The summed E-state index contributed by atoms with van der Waals surface area (Å²) < 4.78 is 67.1. The summed E-state index contributed by atoms with van der Waals surface area (Å²) in [5.41, 5.74) is -1.70. The molecule has 6 nitrogen and oxygen atoms in total. The molecule has 0 bridgehead atoms. The lowest BCUT2D eigenvalue weighted by Gasteiger charge is -2.33. The third-order valence-corrected chi connectivity index (χ3v) is 6.82. The maximum absolute atomic E-state index is 13.1. The first kappa shape index (κ1) is 23.6. The average Bonchev–Trinajstić information content (AvgIpc) is 2.67. The fourth-order valence-corrected chi connectivity index (χ4v) is 4.78. The topological polar surface area (TPSA) is 79.4 Å². The van der Waals surface area contributed by atoms with E-state index in [0.29, 0.717) is 12.6 Å². The summed E-state index contributed by atoms with van der Waals surface area (Å²) in [6.45, 7) is 2.37. The van der Waals surface area contributed by atoms with Gasteiger partial charge in [-0.3, -0.25) is 9.52 Å². The minimum atomic E-state index is -4.84. The molecule has 1 saturated heterocycles. The van der Waals surface area contributed by atoms with Crippen LogP contribution >= 0.6 is 23.2 Å². The number of halogens is 5. The molecule has 0 spiro atoms. The molecule has 12 heteroatoms. The predicted molar refractivity (Wildman–Crippen MR) is 111 cm³/mol. The number of carbonyl (C=O) groups excluding carboxylic acids is 1. The van der Waals surface area contributed by atoms with E-state index in [4.69, 9.17) is 23.2 Å². The molecule has 0 saturated carbocycles. The van der Waals surface area contributed by atoms with E-state index in [-0.39, 0.29) is 22.4 Å². The molecule has 0 aliphatic carbocycles. The fraction of sp³-hybridized carbons (Fsp3) is 0.368. The van der Waals surface area contributed by atoms with Crippen LogP contribution in [0.2, 0.25) is 10.0 Å². The summed E-state index contributed by atoms with van der Waals surface area (Å²) in [4.78, 5) is 17.9. The summed E-state index contributed by atoms with van der Waals surface area (Å²) in [6.07, 6.45) is -1.07. The second kappa shape index (κ2) is 8.84. The van der Waals surface area contributed by atoms with E-state index in [1.54, 1.807) is 4.90 Å². The van der Waals surface area contributed by atoms with Gasteiger partial charge in [0.2, 0.25) is 0 Å². The zero-order chi connectivity index (χ0) is 23.0. The number of sulfonamides is 1. The van der Waals surface area contributed by atoms with Gasteiger partial charge in [0, 0.05) is 18.8 Å². The number of hydrogen-bond acceptors (Lipinski definition) is 4. The first-order valence-electron chi connectivity index (χ1n) is 9.26. The van der Waals surface area contributed by atoms with Crippen LogP contribution in [-0.4, -0.2) is 36.8 Å². The Labute approximate surface area is 187 Å². The van der Waals surface area contributed by atoms with E-state index in [2.05, 4.69) is 9.71 Å². The molecule has 1 amide bonds. The number of benzene rings is 1. The van der Waals surface area contributed by atoms with Crippen LogP contribution in [0.4, 0.5) is 18.9 Å². The Kier molecular flexibility index (Phi) is 6.73. The highest BCUT2D eigenvalue weighted by atomic mass is 35.5. The van der Waals surface area contributed by atoms with Gasteiger partial charge in [-0.1, -0.05) is 23.2 Å². The summed E-state index contributed by atoms with van der Waals surface area (Å²) in [7, 11) is -4.51. The largest absolute Gasteiger partial charge is 0.417 e. The first-order valence-corrected chi connectivity index (χ1v) is 11.5. The monoisotopic (exact) mass is 495 g/mol. The zero-order valence-corrected chi connectivity index (χ0v) is 18.5. The lowest BCUT2D eigenvalue weighted by atomic mass is 10.0. The molecule has 2 heterocycles. The molecule has 168 valence electrons. The molecule has 1 fully saturated rings. The molecule has 0 unspecified atom stereocenters. The minimum Gasteiger partial charge on any atom is -0.335 e. The number of aromatic nitrogens is 1. The molecule has 3 rings (SSSR count). The van der Waals surface area contributed by atoms with Gasteiger partial charge >= 0.3 is 6.18 Å². The molecule has 1 aliphatic heterocycles. The lowest BCUT2D eigenvalue weighted by molar-refractivity contribution is -0.137. The van der Waals surface area contributed by atoms with Gasteiger partial charge < -0.3 is 4.90 Å². The van der Waals surface area contributed by atoms with Crippen molar-refractivity contribution in [2.45, 2.75) is 43.3 Å². The molecule has 2 aromatic rings. The van der Waals surface area contributed by atoms with Gasteiger partial charge in [-0.25, -0.2) is 13.4 Å². The van der Waals surface area contributed by atoms with Crippen molar-refractivity contribution in [2.75, 3.05) is 11.3 Å². The Morgan fingerprint density at radius 1 is 1.23 bits per heavy atom. The van der Waals surface area contributed by atoms with Crippen molar-refractivity contribution in [3.05, 3.63) is 51.8 Å². The van der Waals surface area contributed by atoms with E-state index in [0.717, 1.165) is 31.4 Å². The van der Waals surface area contributed by atoms with Gasteiger partial charge in [-0.05, 0) is 50.5 Å². The summed E-state index contributed by atoms with van der Waals surface area (Å²) in [5.74, 6) is -0.492. The fourth-order valence-electron chi connectivity index (χ4n) is 3.32. The Morgan fingerprint density at radius 2 is 1.94 bits per heavy atom. The summed E-state index contributed by atoms with van der Waals surface area (Å²) >= 11 is 11.5. The van der Waals surface area contributed by atoms with Crippen LogP contribution in [0, 0.1) is 0 Å². The van der Waals surface area contributed by atoms with Gasteiger partial charge in [0.15, 0.2) is 5.69 Å². The number of nitrogens with zero attached hydrogens (tertiary/aromatic N) is 2. The predicted octanol–water partition coefficient (Wildman–Crippen LogP) is 5.22. The summed E-state index contributed by atoms with van der Waals surface area (Å²) in [5, 5.41) is -0.584. The number of alkyl halides is 3. The van der Waals surface area contributed by atoms with Crippen LogP contribution in [0.25, 0.3) is 0 Å². The van der Waals surface area contributed by atoms with Crippen molar-refractivity contribution in [2.24, 2.45) is 0 Å². The molecule has 0 radical (unpaired) electrons. The maximum Gasteiger partial charge on any atom is 0.417 e. The van der Waals surface area contributed by atoms with Crippen LogP contribution in [-0.2, 0) is 16.2 Å². The van der Waals surface area contributed by atoms with E-state index in [1.807, 2.05) is 6.92 Å². The molecule has 1 atom stereocenters. The number of rotatable bonds is 4. The number of piperidine rings is 1. The van der Waals surface area contributed by atoms with Crippen molar-refractivity contribution in [1.82, 2.24) is 9.88 Å². The van der Waals surface area contributed by atoms with Crippen LogP contribution in [0.1, 0.15) is 42.2 Å². The molecular formula is C19H18Cl2F3N3O3S. The SMILES string of the molecule is C[C@@H]1CCCCN1C(=O)c1ncc(Cl)cc1NS(=O)(=O)c1ccc(Cl)c(C(F)(F)F)c1. The van der Waals surface area contributed by atoms with Crippen molar-refractivity contribution in [3.63, 3.8) is 0 Å². The van der Waals surface area contributed by atoms with Crippen molar-refractivity contribution < 1.29 is 26.4 Å². The minimum absolute atomic E-state index is 0.0491. The third kappa shape index (κ3) is 5.24. The van der Waals surface area contributed by atoms with Crippen molar-refractivity contribution in [3.8, 4) is 0 Å². The highest BCUT2D eigenvalue weighted by molar-refractivity contribution is 7.92. The quantitative estimate of drug-likeness (QED) is 0.630. The number of amides is 1. The highest BCUT2D eigenvalue weighted by Crippen LogP contribution is 2.36. The average molecular weight is 496 g/mol. The normalized spacial score (nSPS) is 17.5. The third-order valence-electron chi connectivity index (χ3n) is 4.92. The number of hydrogen-bond donors (Lipinski definition) is 1. The number of nitrogens with one attached hydrogen (secondary N) is 1. The van der Waals surface area contributed by atoms with Crippen molar-refractivity contribution in [1.29, 1.82) is 0 Å². The summed E-state index contributed by atoms with van der Waals surface area (Å²) in [6, 6.07) is 3.34. The number of anilines is 1. The van der Waals surface area contributed by atoms with E-state index in [1.165, 1.54) is 12.3 Å². The molecular weight excluding hydrogens is 478 g/mol. The Morgan fingerprint density at radius 3 is 2.58 bits per heavy atom. The Hall–Kier alpha value is -2.04. The van der Waals surface area contributed by atoms with Crippen molar-refractivity contribution >= 4 is 44.8 Å². The van der Waals surface area contributed by atoms with Crippen LogP contribution in [0.5, 0.6) is 0 Å². The molecule has 1 aromatic carbocycles. The number of carbonyl (C=O) groups is 1. The van der Waals surface area contributed by atoms with Crippen LogP contribution in [0.15, 0.2) is 35.4 Å². The molecule has 1 aromatic heterocycles. The molecule has 31 heavy (non-hydrogen) atoms. The van der Waals surface area contributed by atoms with Gasteiger partial charge in [0.25, 0.3) is 15.9 Å². The second-order valence-electron chi connectivity index (χ2n) is 7.14. The van der Waals surface area contributed by atoms with Gasteiger partial charge in [0.1, 0.15) is 0 Å². The van der Waals surface area contributed by atoms with Crippen LogP contribution < -0.4 is 4.72 Å². The molecule has 1 aliphatic rings. The first-order chi connectivity index (χ1) is 14.4. The molecule has 1 N–H and O–H groups in total.